The second kappa shape index (κ2) is 5.12. The SMILES string of the molecule is O=C(O)C1CC(O)CN1CCN1CCCC1. The third-order valence-electron chi connectivity index (χ3n) is 3.57. The Bertz CT molecular complexity index is 254. The van der Waals surface area contributed by atoms with E-state index in [4.69, 9.17) is 5.11 Å². The van der Waals surface area contributed by atoms with Gasteiger partial charge in [-0.05, 0) is 25.9 Å². The van der Waals surface area contributed by atoms with E-state index in [1.165, 1.54) is 12.8 Å². The van der Waals surface area contributed by atoms with E-state index in [1.807, 2.05) is 4.90 Å². The number of aliphatic hydroxyl groups excluding tert-OH is 1. The van der Waals surface area contributed by atoms with Gasteiger partial charge < -0.3 is 15.1 Å². The highest BCUT2D eigenvalue weighted by molar-refractivity contribution is 5.74. The number of aliphatic hydroxyl groups is 1. The van der Waals surface area contributed by atoms with Crippen LogP contribution in [0.2, 0.25) is 0 Å². The summed E-state index contributed by atoms with van der Waals surface area (Å²) in [6.45, 7) is 4.46. The molecule has 0 aliphatic carbocycles. The van der Waals surface area contributed by atoms with E-state index in [9.17, 15) is 9.90 Å². The summed E-state index contributed by atoms with van der Waals surface area (Å²) in [6.07, 6.45) is 2.41. The van der Waals surface area contributed by atoms with Gasteiger partial charge >= 0.3 is 5.97 Å². The number of nitrogens with zero attached hydrogens (tertiary/aromatic N) is 2. The lowest BCUT2D eigenvalue weighted by atomic mass is 10.2. The van der Waals surface area contributed by atoms with Crippen LogP contribution in [0, 0.1) is 0 Å². The third kappa shape index (κ3) is 2.72. The predicted molar refractivity (Wildman–Crippen MR) is 59.3 cm³/mol. The van der Waals surface area contributed by atoms with Crippen LogP contribution in [0.1, 0.15) is 19.3 Å². The van der Waals surface area contributed by atoms with Crippen molar-refractivity contribution in [3.05, 3.63) is 0 Å². The van der Waals surface area contributed by atoms with Crippen molar-refractivity contribution >= 4 is 5.97 Å². The van der Waals surface area contributed by atoms with E-state index in [-0.39, 0.29) is 0 Å². The van der Waals surface area contributed by atoms with E-state index in [0.717, 1.165) is 26.2 Å². The summed E-state index contributed by atoms with van der Waals surface area (Å²) in [5, 5.41) is 18.5. The predicted octanol–water partition coefficient (Wildman–Crippen LogP) is -0.398. The average Bonchev–Trinajstić information content (AvgIpc) is 2.83. The first-order valence-corrected chi connectivity index (χ1v) is 6.04. The minimum Gasteiger partial charge on any atom is -0.480 e. The maximum atomic E-state index is 11.0. The van der Waals surface area contributed by atoms with Gasteiger partial charge in [0, 0.05) is 26.1 Å². The maximum Gasteiger partial charge on any atom is 0.321 e. The number of aliphatic carboxylic acids is 1. The van der Waals surface area contributed by atoms with Crippen molar-refractivity contribution in [2.75, 3.05) is 32.7 Å². The Balaban J connectivity index is 1.80. The fourth-order valence-electron chi connectivity index (χ4n) is 2.66. The number of hydrogen-bond acceptors (Lipinski definition) is 4. The molecule has 16 heavy (non-hydrogen) atoms. The number of hydrogen-bond donors (Lipinski definition) is 2. The van der Waals surface area contributed by atoms with Gasteiger partial charge in [0.05, 0.1) is 6.10 Å². The fourth-order valence-corrected chi connectivity index (χ4v) is 2.66. The standard InChI is InChI=1S/C11H20N2O3/c14-9-7-10(11(15)16)13(8-9)6-5-12-3-1-2-4-12/h9-10,14H,1-8H2,(H,15,16). The van der Waals surface area contributed by atoms with Gasteiger partial charge in [-0.2, -0.15) is 0 Å². The Hall–Kier alpha value is -0.650. The van der Waals surface area contributed by atoms with Gasteiger partial charge in [-0.3, -0.25) is 9.69 Å². The molecule has 0 radical (unpaired) electrons. The van der Waals surface area contributed by atoms with E-state index in [2.05, 4.69) is 4.90 Å². The van der Waals surface area contributed by atoms with Crippen molar-refractivity contribution in [1.82, 2.24) is 9.80 Å². The molecule has 0 aromatic heterocycles. The molecule has 2 saturated heterocycles. The summed E-state index contributed by atoms with van der Waals surface area (Å²) >= 11 is 0. The van der Waals surface area contributed by atoms with Crippen LogP contribution in [0.3, 0.4) is 0 Å². The first kappa shape index (κ1) is 11.8. The molecule has 2 aliphatic heterocycles. The van der Waals surface area contributed by atoms with E-state index in [1.54, 1.807) is 0 Å². The van der Waals surface area contributed by atoms with Crippen molar-refractivity contribution in [3.8, 4) is 0 Å². The molecule has 2 unspecified atom stereocenters. The number of rotatable bonds is 4. The third-order valence-corrected chi connectivity index (χ3v) is 3.57. The number of β-amino-alcohol motifs (C(OH)–C–C–N with tert-alkyl or cyclic N) is 1. The van der Waals surface area contributed by atoms with Crippen LogP contribution in [0.4, 0.5) is 0 Å². The lowest BCUT2D eigenvalue weighted by Gasteiger charge is -2.23. The molecule has 0 spiro atoms. The van der Waals surface area contributed by atoms with Crippen molar-refractivity contribution < 1.29 is 15.0 Å². The molecule has 2 atom stereocenters. The first-order valence-electron chi connectivity index (χ1n) is 6.04. The first-order chi connectivity index (χ1) is 7.66. The molecular formula is C11H20N2O3. The molecule has 0 saturated carbocycles. The monoisotopic (exact) mass is 228 g/mol. The zero-order valence-corrected chi connectivity index (χ0v) is 9.51. The summed E-state index contributed by atoms with van der Waals surface area (Å²) in [4.78, 5) is 15.2. The van der Waals surface area contributed by atoms with Gasteiger partial charge in [0.1, 0.15) is 6.04 Å². The summed E-state index contributed by atoms with van der Waals surface area (Å²) < 4.78 is 0. The molecular weight excluding hydrogens is 208 g/mol. The van der Waals surface area contributed by atoms with Crippen LogP contribution in [-0.2, 0) is 4.79 Å². The molecule has 0 aromatic rings. The fraction of sp³-hybridized carbons (Fsp3) is 0.909. The molecule has 2 heterocycles. The van der Waals surface area contributed by atoms with Crippen LogP contribution in [0.15, 0.2) is 0 Å². The number of carbonyl (C=O) groups is 1. The van der Waals surface area contributed by atoms with Crippen LogP contribution in [0.25, 0.3) is 0 Å². The normalized spacial score (nSPS) is 32.3. The number of likely N-dealkylation sites (tertiary alicyclic amines) is 2. The van der Waals surface area contributed by atoms with Gasteiger partial charge in [-0.1, -0.05) is 0 Å². The van der Waals surface area contributed by atoms with Gasteiger partial charge in [-0.25, -0.2) is 0 Å². The molecule has 2 aliphatic rings. The smallest absolute Gasteiger partial charge is 0.321 e. The van der Waals surface area contributed by atoms with Gasteiger partial charge in [0.25, 0.3) is 0 Å². The van der Waals surface area contributed by atoms with Crippen molar-refractivity contribution in [3.63, 3.8) is 0 Å². The minimum absolute atomic E-state index is 0.370. The zero-order valence-electron chi connectivity index (χ0n) is 9.51. The molecule has 2 fully saturated rings. The van der Waals surface area contributed by atoms with Crippen molar-refractivity contribution in [2.45, 2.75) is 31.4 Å². The van der Waals surface area contributed by atoms with E-state index >= 15 is 0 Å². The summed E-state index contributed by atoms with van der Waals surface area (Å²) in [6, 6.07) is -0.488. The highest BCUT2D eigenvalue weighted by Gasteiger charge is 2.35. The van der Waals surface area contributed by atoms with Crippen LogP contribution in [0.5, 0.6) is 0 Å². The Morgan fingerprint density at radius 3 is 2.56 bits per heavy atom. The lowest BCUT2D eigenvalue weighted by Crippen LogP contribution is -2.40. The number of carboxylic acids is 1. The maximum absolute atomic E-state index is 11.0. The summed E-state index contributed by atoms with van der Waals surface area (Å²) in [5.74, 6) is -0.807. The second-order valence-electron chi connectivity index (χ2n) is 4.79. The lowest BCUT2D eigenvalue weighted by molar-refractivity contribution is -0.142. The molecule has 5 nitrogen and oxygen atoms in total. The van der Waals surface area contributed by atoms with Crippen molar-refractivity contribution in [1.29, 1.82) is 0 Å². The van der Waals surface area contributed by atoms with Crippen molar-refractivity contribution in [2.24, 2.45) is 0 Å². The molecule has 2 N–H and O–H groups in total. The Labute approximate surface area is 95.6 Å². The molecule has 0 amide bonds. The Morgan fingerprint density at radius 2 is 1.94 bits per heavy atom. The molecule has 0 bridgehead atoms. The van der Waals surface area contributed by atoms with Gasteiger partial charge in [0.15, 0.2) is 0 Å². The quantitative estimate of drug-likeness (QED) is 0.685. The van der Waals surface area contributed by atoms with Crippen LogP contribution >= 0.6 is 0 Å². The zero-order chi connectivity index (χ0) is 11.5. The summed E-state index contributed by atoms with van der Waals surface area (Å²) in [5.41, 5.74) is 0. The molecule has 92 valence electrons. The van der Waals surface area contributed by atoms with Gasteiger partial charge in [-0.15, -0.1) is 0 Å². The molecule has 5 heteroatoms. The number of carboxylic acid groups (broad SMARTS) is 1. The Kier molecular flexibility index (Phi) is 3.78. The Morgan fingerprint density at radius 1 is 1.25 bits per heavy atom. The van der Waals surface area contributed by atoms with Crippen LogP contribution in [-0.4, -0.2) is 70.9 Å². The van der Waals surface area contributed by atoms with Crippen LogP contribution < -0.4 is 0 Å². The molecule has 2 rings (SSSR count). The highest BCUT2D eigenvalue weighted by atomic mass is 16.4. The minimum atomic E-state index is -0.807. The van der Waals surface area contributed by atoms with E-state index in [0.29, 0.717) is 13.0 Å². The van der Waals surface area contributed by atoms with Gasteiger partial charge in [0.2, 0.25) is 0 Å². The van der Waals surface area contributed by atoms with E-state index < -0.39 is 18.1 Å². The topological polar surface area (TPSA) is 64.0 Å². The second-order valence-corrected chi connectivity index (χ2v) is 4.79. The largest absolute Gasteiger partial charge is 0.480 e. The highest BCUT2D eigenvalue weighted by Crippen LogP contribution is 2.18. The molecule has 0 aromatic carbocycles. The average molecular weight is 228 g/mol. The summed E-state index contributed by atoms with van der Waals surface area (Å²) in [7, 11) is 0.